The monoisotopic (exact) mass is 169 g/mol. The Hall–Kier alpha value is -0.860. The maximum absolute atomic E-state index is 11.6. The zero-order valence-corrected chi connectivity index (χ0v) is 8.05. The topological polar surface area (TPSA) is 37.4 Å². The lowest BCUT2D eigenvalue weighted by Gasteiger charge is -2.39. The van der Waals surface area contributed by atoms with Crippen LogP contribution < -0.4 is 0 Å². The van der Waals surface area contributed by atoms with Gasteiger partial charge in [0.1, 0.15) is 0 Å². The lowest BCUT2D eigenvalue weighted by molar-refractivity contribution is -0.162. The minimum absolute atomic E-state index is 0.0394. The second-order valence-electron chi connectivity index (χ2n) is 4.37. The first kappa shape index (κ1) is 9.23. The Labute approximate surface area is 72.7 Å². The molecule has 2 amide bonds. The van der Waals surface area contributed by atoms with Crippen LogP contribution in [0.15, 0.2) is 0 Å². The fraction of sp³-hybridized carbons (Fsp3) is 0.778. The molecule has 0 saturated carbocycles. The van der Waals surface area contributed by atoms with Gasteiger partial charge in [-0.1, -0.05) is 20.8 Å². The molecule has 1 rings (SSSR count). The van der Waals surface area contributed by atoms with Crippen LogP contribution in [-0.4, -0.2) is 22.8 Å². The van der Waals surface area contributed by atoms with Crippen LogP contribution in [0.1, 0.15) is 34.1 Å². The molecule has 68 valence electrons. The predicted octanol–water partition coefficient (Wildman–Crippen LogP) is 1.18. The first-order chi connectivity index (χ1) is 5.34. The van der Waals surface area contributed by atoms with Gasteiger partial charge in [0, 0.05) is 17.9 Å². The summed E-state index contributed by atoms with van der Waals surface area (Å²) in [7, 11) is 0. The van der Waals surface area contributed by atoms with Gasteiger partial charge in [-0.25, -0.2) is 0 Å². The van der Waals surface area contributed by atoms with Crippen molar-refractivity contribution >= 4 is 11.8 Å². The summed E-state index contributed by atoms with van der Waals surface area (Å²) in [5, 5.41) is 0. The Morgan fingerprint density at radius 1 is 1.50 bits per heavy atom. The zero-order chi connectivity index (χ0) is 9.52. The number of β-lactam (4-membered cyclic amide) rings is 1. The van der Waals surface area contributed by atoms with E-state index in [4.69, 9.17) is 0 Å². The van der Waals surface area contributed by atoms with E-state index in [1.165, 1.54) is 4.90 Å². The molecule has 0 spiro atoms. The van der Waals surface area contributed by atoms with Gasteiger partial charge >= 0.3 is 0 Å². The predicted molar refractivity (Wildman–Crippen MR) is 45.4 cm³/mol. The number of imide groups is 1. The summed E-state index contributed by atoms with van der Waals surface area (Å²) in [5.41, 5.74) is -0.440. The average molecular weight is 169 g/mol. The van der Waals surface area contributed by atoms with Crippen molar-refractivity contribution in [3.05, 3.63) is 0 Å². The third-order valence-electron chi connectivity index (χ3n) is 2.04. The molecule has 1 atom stereocenters. The summed E-state index contributed by atoms with van der Waals surface area (Å²) in [4.78, 5) is 24.0. The van der Waals surface area contributed by atoms with E-state index in [1.807, 2.05) is 27.7 Å². The highest BCUT2D eigenvalue weighted by Gasteiger charge is 2.41. The largest absolute Gasteiger partial charge is 0.279 e. The van der Waals surface area contributed by atoms with Crippen LogP contribution in [0.4, 0.5) is 0 Å². The van der Waals surface area contributed by atoms with Crippen molar-refractivity contribution in [1.29, 1.82) is 0 Å². The Morgan fingerprint density at radius 3 is 2.17 bits per heavy atom. The van der Waals surface area contributed by atoms with Crippen LogP contribution in [0.3, 0.4) is 0 Å². The fourth-order valence-electron chi connectivity index (χ4n) is 1.25. The van der Waals surface area contributed by atoms with Crippen LogP contribution >= 0.6 is 0 Å². The molecule has 1 aliphatic heterocycles. The van der Waals surface area contributed by atoms with E-state index in [2.05, 4.69) is 0 Å². The van der Waals surface area contributed by atoms with Crippen molar-refractivity contribution in [2.45, 2.75) is 40.2 Å². The van der Waals surface area contributed by atoms with Crippen molar-refractivity contribution in [2.75, 3.05) is 0 Å². The molecule has 0 bridgehead atoms. The van der Waals surface area contributed by atoms with Gasteiger partial charge in [-0.15, -0.1) is 0 Å². The molecule has 1 aliphatic rings. The molecule has 1 saturated heterocycles. The summed E-state index contributed by atoms with van der Waals surface area (Å²) in [6.07, 6.45) is 0.516. The number of hydrogen-bond donors (Lipinski definition) is 0. The van der Waals surface area contributed by atoms with Gasteiger partial charge in [0.15, 0.2) is 0 Å². The van der Waals surface area contributed by atoms with Gasteiger partial charge < -0.3 is 0 Å². The fourth-order valence-corrected chi connectivity index (χ4v) is 1.25. The molecular formula is C9H15NO2. The molecule has 0 aliphatic carbocycles. The highest BCUT2D eigenvalue weighted by molar-refractivity contribution is 6.02. The summed E-state index contributed by atoms with van der Waals surface area (Å²) in [6, 6.07) is 0.101. The maximum Gasteiger partial charge on any atom is 0.234 e. The lowest BCUT2D eigenvalue weighted by atomic mass is 9.91. The summed E-state index contributed by atoms with van der Waals surface area (Å²) < 4.78 is 0. The molecule has 1 unspecified atom stereocenters. The minimum Gasteiger partial charge on any atom is -0.279 e. The van der Waals surface area contributed by atoms with Crippen molar-refractivity contribution in [3.63, 3.8) is 0 Å². The SMILES string of the molecule is CC1CC(=O)N1C(=O)C(C)(C)C. The highest BCUT2D eigenvalue weighted by atomic mass is 16.2. The normalized spacial score (nSPS) is 23.8. The Morgan fingerprint density at radius 2 is 2.00 bits per heavy atom. The van der Waals surface area contributed by atoms with Gasteiger partial charge in [-0.2, -0.15) is 0 Å². The summed E-state index contributed by atoms with van der Waals surface area (Å²) >= 11 is 0. The molecule has 0 radical (unpaired) electrons. The number of likely N-dealkylation sites (tertiary alicyclic amines) is 1. The molecule has 3 heteroatoms. The molecule has 0 aromatic rings. The second kappa shape index (κ2) is 2.57. The van der Waals surface area contributed by atoms with Crippen molar-refractivity contribution in [1.82, 2.24) is 4.90 Å². The van der Waals surface area contributed by atoms with E-state index in [0.29, 0.717) is 6.42 Å². The van der Waals surface area contributed by atoms with Gasteiger partial charge in [0.05, 0.1) is 0 Å². The molecule has 0 N–H and O–H groups in total. The number of nitrogens with zero attached hydrogens (tertiary/aromatic N) is 1. The minimum atomic E-state index is -0.440. The Kier molecular flexibility index (Phi) is 1.98. The first-order valence-electron chi connectivity index (χ1n) is 4.20. The molecule has 1 fully saturated rings. The molecule has 1 heterocycles. The van der Waals surface area contributed by atoms with E-state index < -0.39 is 5.41 Å². The smallest absolute Gasteiger partial charge is 0.234 e. The zero-order valence-electron chi connectivity index (χ0n) is 8.05. The third kappa shape index (κ3) is 1.36. The van der Waals surface area contributed by atoms with E-state index in [-0.39, 0.29) is 17.9 Å². The van der Waals surface area contributed by atoms with Gasteiger partial charge in [0.2, 0.25) is 11.8 Å². The van der Waals surface area contributed by atoms with Crippen molar-refractivity contribution in [3.8, 4) is 0 Å². The van der Waals surface area contributed by atoms with E-state index in [1.54, 1.807) is 0 Å². The molecular weight excluding hydrogens is 154 g/mol. The van der Waals surface area contributed by atoms with Crippen LogP contribution in [0.25, 0.3) is 0 Å². The standard InChI is InChI=1S/C9H15NO2/c1-6-5-7(11)10(6)8(12)9(2,3)4/h6H,5H2,1-4H3. The number of amides is 2. The lowest BCUT2D eigenvalue weighted by Crippen LogP contribution is -2.57. The molecule has 0 aromatic carbocycles. The van der Waals surface area contributed by atoms with E-state index in [9.17, 15) is 9.59 Å². The third-order valence-corrected chi connectivity index (χ3v) is 2.04. The second-order valence-corrected chi connectivity index (χ2v) is 4.37. The Bertz CT molecular complexity index is 227. The molecule has 12 heavy (non-hydrogen) atoms. The number of carbonyl (C=O) groups is 2. The maximum atomic E-state index is 11.6. The number of carbonyl (C=O) groups excluding carboxylic acids is 2. The van der Waals surface area contributed by atoms with Crippen LogP contribution in [0.2, 0.25) is 0 Å². The number of rotatable bonds is 0. The first-order valence-corrected chi connectivity index (χ1v) is 4.20. The summed E-state index contributed by atoms with van der Waals surface area (Å²) in [5.74, 6) is -0.103. The Balaban J connectivity index is 2.71. The van der Waals surface area contributed by atoms with Crippen LogP contribution in [0.5, 0.6) is 0 Å². The number of hydrogen-bond acceptors (Lipinski definition) is 2. The highest BCUT2D eigenvalue weighted by Crippen LogP contribution is 2.26. The van der Waals surface area contributed by atoms with E-state index >= 15 is 0 Å². The van der Waals surface area contributed by atoms with Crippen molar-refractivity contribution in [2.24, 2.45) is 5.41 Å². The van der Waals surface area contributed by atoms with Crippen LogP contribution in [-0.2, 0) is 9.59 Å². The average Bonchev–Trinajstić information content (AvgIpc) is 1.84. The van der Waals surface area contributed by atoms with Crippen molar-refractivity contribution < 1.29 is 9.59 Å². The molecule has 0 aromatic heterocycles. The van der Waals surface area contributed by atoms with Gasteiger partial charge in [0.25, 0.3) is 0 Å². The summed E-state index contributed by atoms with van der Waals surface area (Å²) in [6.45, 7) is 7.38. The van der Waals surface area contributed by atoms with Gasteiger partial charge in [-0.05, 0) is 6.92 Å². The quantitative estimate of drug-likeness (QED) is 0.511. The van der Waals surface area contributed by atoms with Gasteiger partial charge in [-0.3, -0.25) is 14.5 Å². The molecule has 3 nitrogen and oxygen atoms in total. The van der Waals surface area contributed by atoms with Crippen LogP contribution in [0, 0.1) is 5.41 Å². The van der Waals surface area contributed by atoms with E-state index in [0.717, 1.165) is 0 Å².